The third-order valence-electron chi connectivity index (χ3n) is 4.43. The summed E-state index contributed by atoms with van der Waals surface area (Å²) in [5.41, 5.74) is 3.53. The van der Waals surface area contributed by atoms with Gasteiger partial charge in [0.05, 0.1) is 0 Å². The van der Waals surface area contributed by atoms with Crippen LogP contribution in [0.3, 0.4) is 0 Å². The second-order valence-corrected chi connectivity index (χ2v) is 6.69. The third-order valence-corrected chi connectivity index (χ3v) is 4.66. The number of rotatable bonds is 7. The van der Waals surface area contributed by atoms with Gasteiger partial charge in [0.1, 0.15) is 5.75 Å². The molecule has 0 amide bonds. The molecule has 1 atom stereocenters. The minimum Gasteiger partial charge on any atom is -0.471 e. The monoisotopic (exact) mass is 365 g/mol. The van der Waals surface area contributed by atoms with E-state index in [2.05, 4.69) is 61.2 Å². The lowest BCUT2D eigenvalue weighted by molar-refractivity contribution is 0.214. The normalized spacial score (nSPS) is 11.8. The molecule has 3 aromatic carbocycles. The van der Waals surface area contributed by atoms with E-state index in [-0.39, 0.29) is 6.23 Å². The molecule has 0 fully saturated rings. The average Bonchev–Trinajstić information content (AvgIpc) is 2.65. The van der Waals surface area contributed by atoms with Crippen LogP contribution in [-0.2, 0) is 6.42 Å². The van der Waals surface area contributed by atoms with E-state index >= 15 is 0 Å². The first kappa shape index (κ1) is 18.3. The predicted octanol–water partition coefficient (Wildman–Crippen LogP) is 6.18. The van der Waals surface area contributed by atoms with Crippen LogP contribution in [0.15, 0.2) is 78.9 Å². The van der Waals surface area contributed by atoms with Crippen LogP contribution in [0.2, 0.25) is 5.02 Å². The maximum Gasteiger partial charge on any atom is 0.169 e. The highest BCUT2D eigenvalue weighted by Crippen LogP contribution is 2.26. The molecule has 0 spiro atoms. The SMILES string of the molecule is CCN(c1cccc(Cl)c1)C(C)Oc1ccccc1Cc1ccccc1. The Morgan fingerprint density at radius 2 is 1.65 bits per heavy atom. The second kappa shape index (κ2) is 8.77. The Bertz CT molecular complexity index is 834. The molecule has 0 heterocycles. The molecule has 0 bridgehead atoms. The van der Waals surface area contributed by atoms with E-state index in [1.807, 2.05) is 36.4 Å². The lowest BCUT2D eigenvalue weighted by Crippen LogP contribution is -2.37. The zero-order valence-electron chi connectivity index (χ0n) is 15.2. The van der Waals surface area contributed by atoms with E-state index in [1.165, 1.54) is 11.1 Å². The van der Waals surface area contributed by atoms with Gasteiger partial charge in [-0.25, -0.2) is 0 Å². The Morgan fingerprint density at radius 1 is 0.923 bits per heavy atom. The molecule has 0 N–H and O–H groups in total. The maximum atomic E-state index is 6.35. The van der Waals surface area contributed by atoms with Crippen LogP contribution >= 0.6 is 11.6 Å². The molecule has 0 aliphatic carbocycles. The van der Waals surface area contributed by atoms with Gasteiger partial charge in [-0.05, 0) is 49.2 Å². The van der Waals surface area contributed by atoms with Crippen molar-refractivity contribution < 1.29 is 4.74 Å². The quantitative estimate of drug-likeness (QED) is 0.463. The maximum absolute atomic E-state index is 6.35. The van der Waals surface area contributed by atoms with E-state index in [0.29, 0.717) is 0 Å². The zero-order chi connectivity index (χ0) is 18.4. The van der Waals surface area contributed by atoms with Crippen LogP contribution in [0.25, 0.3) is 0 Å². The number of anilines is 1. The fourth-order valence-electron chi connectivity index (χ4n) is 3.13. The van der Waals surface area contributed by atoms with Crippen molar-refractivity contribution in [2.45, 2.75) is 26.5 Å². The Kier molecular flexibility index (Phi) is 6.19. The van der Waals surface area contributed by atoms with Gasteiger partial charge in [-0.3, -0.25) is 0 Å². The molecule has 0 saturated carbocycles. The third kappa shape index (κ3) is 4.59. The smallest absolute Gasteiger partial charge is 0.169 e. The Balaban J connectivity index is 1.79. The second-order valence-electron chi connectivity index (χ2n) is 6.25. The molecule has 1 unspecified atom stereocenters. The summed E-state index contributed by atoms with van der Waals surface area (Å²) >= 11 is 6.16. The van der Waals surface area contributed by atoms with Crippen molar-refractivity contribution in [3.8, 4) is 5.75 Å². The highest BCUT2D eigenvalue weighted by Gasteiger charge is 2.16. The lowest BCUT2D eigenvalue weighted by Gasteiger charge is -2.31. The van der Waals surface area contributed by atoms with Crippen molar-refractivity contribution in [2.24, 2.45) is 0 Å². The highest BCUT2D eigenvalue weighted by atomic mass is 35.5. The van der Waals surface area contributed by atoms with Crippen molar-refractivity contribution in [1.29, 1.82) is 0 Å². The molecule has 0 radical (unpaired) electrons. The van der Waals surface area contributed by atoms with Gasteiger partial charge in [0.2, 0.25) is 0 Å². The van der Waals surface area contributed by atoms with Crippen molar-refractivity contribution >= 4 is 17.3 Å². The summed E-state index contributed by atoms with van der Waals surface area (Å²) in [5, 5.41) is 0.734. The molecule has 3 aromatic rings. The van der Waals surface area contributed by atoms with E-state index in [1.54, 1.807) is 0 Å². The first-order valence-electron chi connectivity index (χ1n) is 8.98. The van der Waals surface area contributed by atoms with Crippen molar-refractivity contribution in [3.05, 3.63) is 95.0 Å². The topological polar surface area (TPSA) is 12.5 Å². The summed E-state index contributed by atoms with van der Waals surface area (Å²) in [7, 11) is 0. The Morgan fingerprint density at radius 3 is 2.38 bits per heavy atom. The van der Waals surface area contributed by atoms with Gasteiger partial charge in [-0.15, -0.1) is 0 Å². The summed E-state index contributed by atoms with van der Waals surface area (Å²) in [5.74, 6) is 0.921. The van der Waals surface area contributed by atoms with E-state index in [9.17, 15) is 0 Å². The number of hydrogen-bond acceptors (Lipinski definition) is 2. The first-order valence-corrected chi connectivity index (χ1v) is 9.36. The van der Waals surface area contributed by atoms with Gasteiger partial charge >= 0.3 is 0 Å². The van der Waals surface area contributed by atoms with E-state index in [4.69, 9.17) is 16.3 Å². The molecule has 0 aliphatic heterocycles. The summed E-state index contributed by atoms with van der Waals surface area (Å²) < 4.78 is 6.35. The number of benzene rings is 3. The van der Waals surface area contributed by atoms with E-state index in [0.717, 1.165) is 29.4 Å². The largest absolute Gasteiger partial charge is 0.471 e. The van der Waals surface area contributed by atoms with Crippen molar-refractivity contribution in [1.82, 2.24) is 0 Å². The molecule has 3 heteroatoms. The molecule has 26 heavy (non-hydrogen) atoms. The molecule has 0 aromatic heterocycles. The lowest BCUT2D eigenvalue weighted by atomic mass is 10.0. The van der Waals surface area contributed by atoms with Crippen LogP contribution in [0.1, 0.15) is 25.0 Å². The predicted molar refractivity (Wildman–Crippen MR) is 110 cm³/mol. The number of hydrogen-bond donors (Lipinski definition) is 0. The standard InChI is InChI=1S/C23H24ClNO/c1-3-25(22-14-9-13-21(24)17-22)18(2)26-23-15-8-7-12-20(23)16-19-10-5-4-6-11-19/h4-15,17-18H,3,16H2,1-2H3. The van der Waals surface area contributed by atoms with Gasteiger partial charge in [-0.1, -0.05) is 66.2 Å². The summed E-state index contributed by atoms with van der Waals surface area (Å²) in [6.07, 6.45) is 0.753. The van der Waals surface area contributed by atoms with Crippen LogP contribution in [0.5, 0.6) is 5.75 Å². The average molecular weight is 366 g/mol. The van der Waals surface area contributed by atoms with Crippen LogP contribution in [0.4, 0.5) is 5.69 Å². The molecule has 2 nitrogen and oxygen atoms in total. The van der Waals surface area contributed by atoms with Crippen LogP contribution < -0.4 is 9.64 Å². The zero-order valence-corrected chi connectivity index (χ0v) is 16.0. The number of halogens is 1. The molecule has 134 valence electrons. The van der Waals surface area contributed by atoms with Crippen LogP contribution in [-0.4, -0.2) is 12.8 Å². The summed E-state index contributed by atoms with van der Waals surface area (Å²) in [6, 6.07) is 26.6. The Hall–Kier alpha value is -2.45. The van der Waals surface area contributed by atoms with Gasteiger partial charge in [0.25, 0.3) is 0 Å². The minimum absolute atomic E-state index is 0.101. The van der Waals surface area contributed by atoms with E-state index < -0.39 is 0 Å². The molecule has 0 saturated heterocycles. The fourth-order valence-corrected chi connectivity index (χ4v) is 3.32. The number of para-hydroxylation sites is 1. The summed E-state index contributed by atoms with van der Waals surface area (Å²) in [4.78, 5) is 2.20. The minimum atomic E-state index is -0.101. The molecular formula is C23H24ClNO. The van der Waals surface area contributed by atoms with Gasteiger partial charge in [0, 0.05) is 23.7 Å². The summed E-state index contributed by atoms with van der Waals surface area (Å²) in [6.45, 7) is 5.03. The highest BCUT2D eigenvalue weighted by molar-refractivity contribution is 6.30. The Labute approximate surface area is 161 Å². The van der Waals surface area contributed by atoms with Gasteiger partial charge in [-0.2, -0.15) is 0 Å². The van der Waals surface area contributed by atoms with Crippen molar-refractivity contribution in [3.63, 3.8) is 0 Å². The van der Waals surface area contributed by atoms with Gasteiger partial charge in [0.15, 0.2) is 6.23 Å². The molecular weight excluding hydrogens is 342 g/mol. The molecule has 0 aliphatic rings. The fraction of sp³-hybridized carbons (Fsp3) is 0.217. The first-order chi connectivity index (χ1) is 12.7. The van der Waals surface area contributed by atoms with Gasteiger partial charge < -0.3 is 9.64 Å². The number of nitrogens with zero attached hydrogens (tertiary/aromatic N) is 1. The van der Waals surface area contributed by atoms with Crippen LogP contribution in [0, 0.1) is 0 Å². The number of ether oxygens (including phenoxy) is 1. The van der Waals surface area contributed by atoms with Crippen molar-refractivity contribution in [2.75, 3.05) is 11.4 Å². The molecule has 3 rings (SSSR count).